The summed E-state index contributed by atoms with van der Waals surface area (Å²) in [5.74, 6) is 0.603. The molecule has 3 aromatic carbocycles. The number of nitrogens with one attached hydrogen (secondary N) is 1. The number of benzene rings is 3. The van der Waals surface area contributed by atoms with Crippen LogP contribution in [0.4, 0.5) is 10.2 Å². The lowest BCUT2D eigenvalue weighted by Gasteiger charge is -2.12. The van der Waals surface area contributed by atoms with Gasteiger partial charge in [0.2, 0.25) is 5.91 Å². The highest BCUT2D eigenvalue weighted by Gasteiger charge is 2.14. The summed E-state index contributed by atoms with van der Waals surface area (Å²) >= 11 is 0. The third-order valence-electron chi connectivity index (χ3n) is 4.98. The first kappa shape index (κ1) is 21.2. The van der Waals surface area contributed by atoms with E-state index in [2.05, 4.69) is 10.3 Å². The fraction of sp³-hybridized carbons (Fsp3) is 0.115. The molecule has 4 aromatic rings. The minimum absolute atomic E-state index is 0.118. The number of hydrogen-bond donors (Lipinski definition) is 1. The summed E-state index contributed by atoms with van der Waals surface area (Å²) in [7, 11) is 1.62. The Morgan fingerprint density at radius 1 is 0.938 bits per heavy atom. The van der Waals surface area contributed by atoms with Crippen molar-refractivity contribution >= 4 is 11.7 Å². The highest BCUT2D eigenvalue weighted by atomic mass is 19.1. The molecule has 32 heavy (non-hydrogen) atoms. The quantitative estimate of drug-likeness (QED) is 0.448. The number of carbonyl (C=O) groups is 1. The zero-order valence-electron chi connectivity index (χ0n) is 17.6. The largest absolute Gasteiger partial charge is 0.497 e. The van der Waals surface area contributed by atoms with Crippen LogP contribution in [0.5, 0.6) is 5.75 Å². The molecule has 0 saturated carbocycles. The van der Waals surface area contributed by atoms with Gasteiger partial charge in [0.1, 0.15) is 11.6 Å². The van der Waals surface area contributed by atoms with Gasteiger partial charge in [0.25, 0.3) is 0 Å². The maximum Gasteiger partial charge on any atom is 0.229 e. The van der Waals surface area contributed by atoms with Crippen LogP contribution in [0.2, 0.25) is 0 Å². The molecule has 0 unspecified atom stereocenters. The van der Waals surface area contributed by atoms with Gasteiger partial charge in [-0.2, -0.15) is 0 Å². The van der Waals surface area contributed by atoms with Gasteiger partial charge in [-0.3, -0.25) is 4.79 Å². The van der Waals surface area contributed by atoms with Crippen LogP contribution in [0.25, 0.3) is 11.3 Å². The monoisotopic (exact) mass is 427 g/mol. The fourth-order valence-corrected chi connectivity index (χ4v) is 3.31. The Balaban J connectivity index is 1.60. The summed E-state index contributed by atoms with van der Waals surface area (Å²) in [5.41, 5.74) is 4.04. The Hall–Kier alpha value is -4.06. The van der Waals surface area contributed by atoms with Crippen molar-refractivity contribution in [3.63, 3.8) is 0 Å². The molecule has 1 heterocycles. The van der Waals surface area contributed by atoms with E-state index in [1.807, 2.05) is 54.6 Å². The molecule has 0 aliphatic heterocycles. The van der Waals surface area contributed by atoms with E-state index in [4.69, 9.17) is 9.72 Å². The molecule has 0 aliphatic carbocycles. The van der Waals surface area contributed by atoms with Crippen LogP contribution >= 0.6 is 0 Å². The van der Waals surface area contributed by atoms with Crippen molar-refractivity contribution in [2.45, 2.75) is 12.8 Å². The van der Waals surface area contributed by atoms with Gasteiger partial charge < -0.3 is 10.1 Å². The average Bonchev–Trinajstić information content (AvgIpc) is 2.82. The number of carbonyl (C=O) groups excluding carboxylic acids is 1. The van der Waals surface area contributed by atoms with Crippen LogP contribution in [-0.2, 0) is 17.6 Å². The van der Waals surface area contributed by atoms with E-state index >= 15 is 0 Å². The first-order chi connectivity index (χ1) is 15.6. The van der Waals surface area contributed by atoms with E-state index in [-0.39, 0.29) is 18.1 Å². The summed E-state index contributed by atoms with van der Waals surface area (Å²) in [4.78, 5) is 21.9. The summed E-state index contributed by atoms with van der Waals surface area (Å²) in [5, 5.41) is 2.86. The van der Waals surface area contributed by atoms with Crippen LogP contribution in [0.3, 0.4) is 0 Å². The molecule has 1 amide bonds. The number of rotatable bonds is 7. The predicted octanol–water partition coefficient (Wildman–Crippen LogP) is 5.06. The molecule has 1 aromatic heterocycles. The Kier molecular flexibility index (Phi) is 6.51. The van der Waals surface area contributed by atoms with E-state index in [0.717, 1.165) is 22.4 Å². The van der Waals surface area contributed by atoms with Crippen molar-refractivity contribution in [1.82, 2.24) is 9.97 Å². The van der Waals surface area contributed by atoms with Crippen molar-refractivity contribution in [2.75, 3.05) is 12.4 Å². The Labute approximate surface area is 185 Å². The Bertz CT molecular complexity index is 1190. The number of anilines is 1. The number of ether oxygens (including phenoxy) is 1. The van der Waals surface area contributed by atoms with Crippen molar-refractivity contribution in [1.29, 1.82) is 0 Å². The third kappa shape index (κ3) is 5.35. The van der Waals surface area contributed by atoms with Gasteiger partial charge in [0.15, 0.2) is 5.82 Å². The van der Waals surface area contributed by atoms with E-state index in [1.165, 1.54) is 12.1 Å². The van der Waals surface area contributed by atoms with Gasteiger partial charge in [-0.25, -0.2) is 14.4 Å². The first-order valence-electron chi connectivity index (χ1n) is 10.2. The summed E-state index contributed by atoms with van der Waals surface area (Å²) in [6.07, 6.45) is 2.28. The van der Waals surface area contributed by atoms with Crippen LogP contribution in [0.15, 0.2) is 85.1 Å². The van der Waals surface area contributed by atoms with Crippen LogP contribution in [-0.4, -0.2) is 23.0 Å². The highest BCUT2D eigenvalue weighted by Crippen LogP contribution is 2.24. The lowest BCUT2D eigenvalue weighted by atomic mass is 10.1. The molecule has 5 nitrogen and oxygen atoms in total. The Morgan fingerprint density at radius 3 is 2.34 bits per heavy atom. The highest BCUT2D eigenvalue weighted by molar-refractivity contribution is 5.92. The second kappa shape index (κ2) is 9.83. The van der Waals surface area contributed by atoms with Crippen molar-refractivity contribution < 1.29 is 13.9 Å². The van der Waals surface area contributed by atoms with Gasteiger partial charge in [-0.05, 0) is 47.5 Å². The van der Waals surface area contributed by atoms with E-state index in [1.54, 1.807) is 25.4 Å². The molecule has 0 aliphatic rings. The molecule has 160 valence electrons. The van der Waals surface area contributed by atoms with Crippen LogP contribution < -0.4 is 10.1 Å². The Morgan fingerprint density at radius 2 is 1.66 bits per heavy atom. The number of amides is 1. The van der Waals surface area contributed by atoms with Gasteiger partial charge in [-0.15, -0.1) is 0 Å². The molecule has 0 radical (unpaired) electrons. The summed E-state index contributed by atoms with van der Waals surface area (Å²) in [6.45, 7) is 0. The minimum Gasteiger partial charge on any atom is -0.497 e. The SMILES string of the molecule is COc1ccc(-c2cnc(NC(=O)Cc3ccc(F)cc3)c(Cc3ccccc3)n2)cc1. The topological polar surface area (TPSA) is 64.1 Å². The normalized spacial score (nSPS) is 10.6. The van der Waals surface area contributed by atoms with Crippen LogP contribution in [0, 0.1) is 5.82 Å². The minimum atomic E-state index is -0.334. The molecular weight excluding hydrogens is 405 g/mol. The maximum absolute atomic E-state index is 13.1. The van der Waals surface area contributed by atoms with E-state index < -0.39 is 0 Å². The second-order valence-electron chi connectivity index (χ2n) is 7.29. The molecule has 4 rings (SSSR count). The number of halogens is 1. The fourth-order valence-electron chi connectivity index (χ4n) is 3.31. The molecule has 1 N–H and O–H groups in total. The van der Waals surface area contributed by atoms with Gasteiger partial charge in [-0.1, -0.05) is 42.5 Å². The molecule has 0 fully saturated rings. The van der Waals surface area contributed by atoms with E-state index in [9.17, 15) is 9.18 Å². The molecule has 6 heteroatoms. The predicted molar refractivity (Wildman–Crippen MR) is 122 cm³/mol. The zero-order chi connectivity index (χ0) is 22.3. The van der Waals surface area contributed by atoms with Crippen molar-refractivity contribution in [3.05, 3.63) is 108 Å². The molecule has 0 bridgehead atoms. The number of methoxy groups -OCH3 is 1. The van der Waals surface area contributed by atoms with E-state index in [0.29, 0.717) is 23.6 Å². The number of nitrogens with zero attached hydrogens (tertiary/aromatic N) is 2. The van der Waals surface area contributed by atoms with Gasteiger partial charge in [0.05, 0.1) is 31.1 Å². The third-order valence-corrected chi connectivity index (χ3v) is 4.98. The van der Waals surface area contributed by atoms with Crippen molar-refractivity contribution in [3.8, 4) is 17.0 Å². The molecule has 0 spiro atoms. The lowest BCUT2D eigenvalue weighted by Crippen LogP contribution is -2.17. The average molecular weight is 427 g/mol. The standard InChI is InChI=1S/C26H22FN3O2/c1-32-22-13-9-20(10-14-22)24-17-28-26(23(29-24)15-18-5-3-2-4-6-18)30-25(31)16-19-7-11-21(27)12-8-19/h2-14,17H,15-16H2,1H3,(H,28,30,31). The van der Waals surface area contributed by atoms with Gasteiger partial charge >= 0.3 is 0 Å². The summed E-state index contributed by atoms with van der Waals surface area (Å²) < 4.78 is 18.3. The van der Waals surface area contributed by atoms with Crippen molar-refractivity contribution in [2.24, 2.45) is 0 Å². The maximum atomic E-state index is 13.1. The smallest absolute Gasteiger partial charge is 0.229 e. The van der Waals surface area contributed by atoms with Crippen LogP contribution in [0.1, 0.15) is 16.8 Å². The molecule has 0 saturated heterocycles. The number of aromatic nitrogens is 2. The number of hydrogen-bond acceptors (Lipinski definition) is 4. The zero-order valence-corrected chi connectivity index (χ0v) is 17.6. The first-order valence-corrected chi connectivity index (χ1v) is 10.2. The summed E-state index contributed by atoms with van der Waals surface area (Å²) in [6, 6.07) is 23.3. The molecule has 0 atom stereocenters. The lowest BCUT2D eigenvalue weighted by molar-refractivity contribution is -0.115. The molecular formula is C26H22FN3O2. The second-order valence-corrected chi connectivity index (χ2v) is 7.29. The van der Waals surface area contributed by atoms with Gasteiger partial charge in [0, 0.05) is 12.0 Å².